The van der Waals surface area contributed by atoms with Crippen molar-refractivity contribution in [3.05, 3.63) is 472 Å². The Hall–Kier alpha value is -17.2. The number of aromatic nitrogens is 12. The predicted molar refractivity (Wildman–Crippen MR) is 530 cm³/mol. The van der Waals surface area contributed by atoms with Crippen LogP contribution in [0, 0.1) is 27.7 Å². The standard InChI is InChI=1S/C40H30N4.2C39H28N4/c1-27-13-26-37(28(2)41-27)33-18-24-36(25-19-33)40-43-38(34-20-14-31(15-21-34)29-9-5-3-6-10-29)42-39(44-40)35-22-16-32(17-23-35)30-11-7-4-8-12-30;1-27-10-8-17-36(40-27)34-15-9-16-35(26-34)39-42-37(32-22-18-30(19-23-32)28-11-4-2-5-12-28)41-38(43-39)33-24-20-31(21-25-33)29-13-6-3-7-14-29;1-27-9-8-14-36(40-27)32-19-25-35(26-20-32)39-42-37(33-21-15-30(16-22-33)28-10-4-2-5-11-28)41-38(43-39)34-23-17-31(18-24-34)29-12-6-3-7-13-29/h3-26H,1-2H3;2*2-26H,1H3. The highest BCUT2D eigenvalue weighted by molar-refractivity contribution is 5.80. The average molecular weight is 1670 g/mol. The van der Waals surface area contributed by atoms with Crippen LogP contribution in [0.4, 0.5) is 0 Å². The molecule has 0 amide bonds. The van der Waals surface area contributed by atoms with E-state index in [1.165, 1.54) is 33.4 Å². The zero-order valence-electron chi connectivity index (χ0n) is 72.1. The Bertz CT molecular complexity index is 7140. The molecule has 21 aromatic rings. The first-order valence-corrected chi connectivity index (χ1v) is 43.4. The number of benzene rings is 15. The van der Waals surface area contributed by atoms with E-state index in [0.717, 1.165) is 140 Å². The summed E-state index contributed by atoms with van der Waals surface area (Å²) in [5.41, 5.74) is 32.5. The highest BCUT2D eigenvalue weighted by Crippen LogP contribution is 2.37. The van der Waals surface area contributed by atoms with Gasteiger partial charge < -0.3 is 0 Å². The molecule has 6 aromatic heterocycles. The molecule has 0 spiro atoms. The maximum atomic E-state index is 4.98. The van der Waals surface area contributed by atoms with Crippen LogP contribution in [0.25, 0.3) is 203 Å². The topological polar surface area (TPSA) is 155 Å². The number of hydrogen-bond acceptors (Lipinski definition) is 12. The van der Waals surface area contributed by atoms with Crippen LogP contribution in [0.15, 0.2) is 449 Å². The SMILES string of the molecule is Cc1ccc(-c2ccc(-c3nc(-c4ccc(-c5ccccc5)cc4)nc(-c4ccc(-c5ccccc5)cc4)n3)cc2)c(C)n1.Cc1cccc(-c2ccc(-c3nc(-c4ccc(-c5ccccc5)cc4)nc(-c4ccc(-c5ccccc5)cc4)n3)cc2)n1.Cc1cccc(-c2cccc(-c3nc(-c4ccc(-c5ccccc5)cc4)nc(-c4ccc(-c5ccccc5)cc4)n3)c2)n1. The van der Waals surface area contributed by atoms with E-state index in [-0.39, 0.29) is 0 Å². The second-order valence-electron chi connectivity index (χ2n) is 31.7. The van der Waals surface area contributed by atoms with Gasteiger partial charge in [0, 0.05) is 89.5 Å². The van der Waals surface area contributed by atoms with Crippen LogP contribution in [0.3, 0.4) is 0 Å². The molecule has 21 rings (SSSR count). The van der Waals surface area contributed by atoms with Gasteiger partial charge in [0.1, 0.15) is 0 Å². The van der Waals surface area contributed by atoms with Crippen molar-refractivity contribution in [1.29, 1.82) is 0 Å². The molecule has 0 aliphatic heterocycles. The van der Waals surface area contributed by atoms with Crippen LogP contribution in [-0.4, -0.2) is 59.8 Å². The maximum absolute atomic E-state index is 4.98. The van der Waals surface area contributed by atoms with Gasteiger partial charge in [0.2, 0.25) is 0 Å². The smallest absolute Gasteiger partial charge is 0.164 e. The first kappa shape index (κ1) is 82.4. The molecule has 0 saturated carbocycles. The molecule has 0 aliphatic rings. The van der Waals surface area contributed by atoms with Crippen LogP contribution in [-0.2, 0) is 0 Å². The van der Waals surface area contributed by atoms with Crippen LogP contribution in [0.5, 0.6) is 0 Å². The predicted octanol–water partition coefficient (Wildman–Crippen LogP) is 29.0. The van der Waals surface area contributed by atoms with Gasteiger partial charge in [-0.2, -0.15) is 0 Å². The van der Waals surface area contributed by atoms with E-state index in [4.69, 9.17) is 49.8 Å². The number of rotatable bonds is 18. The molecule has 15 aromatic carbocycles. The summed E-state index contributed by atoms with van der Waals surface area (Å²) in [6, 6.07) is 154. The van der Waals surface area contributed by atoms with E-state index >= 15 is 0 Å². The fourth-order valence-corrected chi connectivity index (χ4v) is 15.7. The highest BCUT2D eigenvalue weighted by Gasteiger charge is 2.20. The Morgan fingerprint density at radius 1 is 0.115 bits per heavy atom. The number of hydrogen-bond donors (Lipinski definition) is 0. The van der Waals surface area contributed by atoms with E-state index in [2.05, 4.69) is 368 Å². The molecule has 0 fully saturated rings. The number of pyridine rings is 3. The minimum Gasteiger partial charge on any atom is -0.258 e. The fourth-order valence-electron chi connectivity index (χ4n) is 15.7. The van der Waals surface area contributed by atoms with Gasteiger partial charge >= 0.3 is 0 Å². The molecule has 0 saturated heterocycles. The lowest BCUT2D eigenvalue weighted by Crippen LogP contribution is -2.00. The van der Waals surface area contributed by atoms with E-state index in [1.54, 1.807) is 0 Å². The first-order valence-electron chi connectivity index (χ1n) is 43.4. The lowest BCUT2D eigenvalue weighted by Gasteiger charge is -2.11. The van der Waals surface area contributed by atoms with Gasteiger partial charge in [-0.1, -0.05) is 413 Å². The Morgan fingerprint density at radius 3 is 0.546 bits per heavy atom. The summed E-state index contributed by atoms with van der Waals surface area (Å²) >= 11 is 0. The molecule has 0 radical (unpaired) electrons. The van der Waals surface area contributed by atoms with Crippen LogP contribution in [0.2, 0.25) is 0 Å². The zero-order chi connectivity index (χ0) is 87.9. The molecule has 0 unspecified atom stereocenters. The van der Waals surface area contributed by atoms with Crippen LogP contribution in [0.1, 0.15) is 22.8 Å². The zero-order valence-corrected chi connectivity index (χ0v) is 72.1. The van der Waals surface area contributed by atoms with E-state index in [1.807, 2.05) is 119 Å². The summed E-state index contributed by atoms with van der Waals surface area (Å²) < 4.78 is 0. The summed E-state index contributed by atoms with van der Waals surface area (Å²) in [4.78, 5) is 58.7. The molecule has 12 heteroatoms. The third kappa shape index (κ3) is 19.5. The van der Waals surface area contributed by atoms with Gasteiger partial charge in [-0.25, -0.2) is 44.9 Å². The summed E-state index contributed by atoms with van der Waals surface area (Å²) in [7, 11) is 0. The van der Waals surface area contributed by atoms with Crippen molar-refractivity contribution in [3.63, 3.8) is 0 Å². The molecule has 6 heterocycles. The third-order valence-corrected chi connectivity index (χ3v) is 22.7. The monoisotopic (exact) mass is 1670 g/mol. The third-order valence-electron chi connectivity index (χ3n) is 22.7. The van der Waals surface area contributed by atoms with Gasteiger partial charge in [-0.15, -0.1) is 0 Å². The van der Waals surface area contributed by atoms with Crippen molar-refractivity contribution in [1.82, 2.24) is 59.8 Å². The van der Waals surface area contributed by atoms with Crippen molar-refractivity contribution >= 4 is 0 Å². The summed E-state index contributed by atoms with van der Waals surface area (Å²) in [5, 5.41) is 0. The Morgan fingerprint density at radius 2 is 0.300 bits per heavy atom. The van der Waals surface area contributed by atoms with E-state index in [0.29, 0.717) is 52.4 Å². The molecule has 0 atom stereocenters. The lowest BCUT2D eigenvalue weighted by molar-refractivity contribution is 1.07. The minimum absolute atomic E-state index is 0.619. The summed E-state index contributed by atoms with van der Waals surface area (Å²) in [6.45, 7) is 8.07. The van der Waals surface area contributed by atoms with Crippen molar-refractivity contribution in [3.8, 4) is 203 Å². The van der Waals surface area contributed by atoms with Crippen LogP contribution < -0.4 is 0 Å². The number of aryl methyl sites for hydroxylation is 4. The van der Waals surface area contributed by atoms with Gasteiger partial charge in [-0.3, -0.25) is 15.0 Å². The second kappa shape index (κ2) is 38.5. The van der Waals surface area contributed by atoms with E-state index < -0.39 is 0 Å². The van der Waals surface area contributed by atoms with Crippen LogP contribution >= 0.6 is 0 Å². The molecule has 12 nitrogen and oxygen atoms in total. The molecular weight excluding hydrogens is 1590 g/mol. The quantitative estimate of drug-likeness (QED) is 0.0803. The maximum Gasteiger partial charge on any atom is 0.164 e. The number of nitrogens with zero attached hydrogens (tertiary/aromatic N) is 12. The minimum atomic E-state index is 0.619. The van der Waals surface area contributed by atoms with Crippen molar-refractivity contribution < 1.29 is 0 Å². The molecule has 618 valence electrons. The first-order chi connectivity index (χ1) is 64.0. The Kier molecular flexibility index (Phi) is 24.4. The molecule has 0 bridgehead atoms. The molecule has 130 heavy (non-hydrogen) atoms. The Balaban J connectivity index is 0.000000126. The Labute approximate surface area is 757 Å². The van der Waals surface area contributed by atoms with E-state index in [9.17, 15) is 0 Å². The highest BCUT2D eigenvalue weighted by atomic mass is 15.1. The van der Waals surface area contributed by atoms with Gasteiger partial charge in [0.25, 0.3) is 0 Å². The normalized spacial score (nSPS) is 10.9. The van der Waals surface area contributed by atoms with Gasteiger partial charge in [0.05, 0.1) is 11.4 Å². The summed E-state index contributed by atoms with van der Waals surface area (Å²) in [6.07, 6.45) is 0. The second-order valence-corrected chi connectivity index (χ2v) is 31.7. The van der Waals surface area contributed by atoms with Crippen molar-refractivity contribution in [2.75, 3.05) is 0 Å². The average Bonchev–Trinajstić information content (AvgIpc) is 0.792. The van der Waals surface area contributed by atoms with Gasteiger partial charge in [-0.05, 0) is 136 Å². The van der Waals surface area contributed by atoms with Crippen molar-refractivity contribution in [2.24, 2.45) is 0 Å². The summed E-state index contributed by atoms with van der Waals surface area (Å²) in [5.74, 6) is 5.69. The van der Waals surface area contributed by atoms with Crippen molar-refractivity contribution in [2.45, 2.75) is 27.7 Å². The molecule has 0 aliphatic carbocycles. The fraction of sp³-hybridized carbons (Fsp3) is 0.0339. The molecule has 0 N–H and O–H groups in total. The molecular formula is C118H86N12. The van der Waals surface area contributed by atoms with Gasteiger partial charge in [0.15, 0.2) is 52.4 Å². The largest absolute Gasteiger partial charge is 0.258 e. The lowest BCUT2D eigenvalue weighted by atomic mass is 10.0.